The zero-order valence-corrected chi connectivity index (χ0v) is 11.0. The molecule has 19 heavy (non-hydrogen) atoms. The van der Waals surface area contributed by atoms with Crippen molar-refractivity contribution in [3.05, 3.63) is 35.6 Å². The van der Waals surface area contributed by atoms with Gasteiger partial charge < -0.3 is 0 Å². The van der Waals surface area contributed by atoms with Gasteiger partial charge in [-0.25, -0.2) is 4.39 Å². The number of likely N-dealkylation sites (N-methyl/N-ethyl adjacent to an activating group) is 1. The van der Waals surface area contributed by atoms with E-state index in [1.165, 1.54) is 12.1 Å². The molecule has 2 fully saturated rings. The van der Waals surface area contributed by atoms with E-state index in [1.807, 2.05) is 13.1 Å². The van der Waals surface area contributed by atoms with Crippen molar-refractivity contribution >= 4 is 5.78 Å². The topological polar surface area (TPSA) is 29.5 Å². The maximum absolute atomic E-state index is 13.2. The normalized spacial score (nSPS) is 31.5. The van der Waals surface area contributed by atoms with Crippen molar-refractivity contribution < 1.29 is 14.0 Å². The van der Waals surface area contributed by atoms with Crippen LogP contribution in [0.1, 0.15) is 24.8 Å². The highest BCUT2D eigenvalue weighted by Crippen LogP contribution is 2.36. The van der Waals surface area contributed by atoms with Crippen LogP contribution in [0.25, 0.3) is 0 Å². The summed E-state index contributed by atoms with van der Waals surface area (Å²) in [4.78, 5) is 17.9. The van der Waals surface area contributed by atoms with Crippen molar-refractivity contribution in [3.8, 4) is 0 Å². The molecule has 0 bridgehead atoms. The zero-order valence-electron chi connectivity index (χ0n) is 11.0. The highest BCUT2D eigenvalue weighted by Gasteiger charge is 2.46. The number of hydrogen-bond acceptors (Lipinski definition) is 3. The summed E-state index contributed by atoms with van der Waals surface area (Å²) in [5, 5.41) is 1.80. The maximum Gasteiger partial charge on any atom is 0.140 e. The minimum atomic E-state index is -0.231. The van der Waals surface area contributed by atoms with Crippen LogP contribution >= 0.6 is 0 Å². The summed E-state index contributed by atoms with van der Waals surface area (Å²) < 4.78 is 13.2. The SMILES string of the molecule is CN1O[C@H]2CCCC(=O)[C@H]2[C@H]1Cc1cccc(F)c1. The molecule has 0 aromatic heterocycles. The predicted octanol–water partition coefficient (Wildman–Crippen LogP) is 2.35. The monoisotopic (exact) mass is 263 g/mol. The molecule has 4 heteroatoms. The molecule has 1 saturated carbocycles. The number of halogens is 1. The summed E-state index contributed by atoms with van der Waals surface area (Å²) >= 11 is 0. The molecule has 1 aromatic carbocycles. The molecule has 1 saturated heterocycles. The molecule has 102 valence electrons. The van der Waals surface area contributed by atoms with Gasteiger partial charge in [0.1, 0.15) is 11.6 Å². The molecule has 0 spiro atoms. The molecule has 2 aliphatic rings. The van der Waals surface area contributed by atoms with Gasteiger partial charge in [-0.15, -0.1) is 0 Å². The van der Waals surface area contributed by atoms with E-state index < -0.39 is 0 Å². The second kappa shape index (κ2) is 5.02. The minimum Gasteiger partial charge on any atom is -0.299 e. The molecule has 1 aromatic rings. The van der Waals surface area contributed by atoms with Crippen LogP contribution in [0, 0.1) is 11.7 Å². The molecule has 0 N–H and O–H groups in total. The van der Waals surface area contributed by atoms with Gasteiger partial charge in [0.2, 0.25) is 0 Å². The van der Waals surface area contributed by atoms with E-state index >= 15 is 0 Å². The van der Waals surface area contributed by atoms with Crippen LogP contribution < -0.4 is 0 Å². The Morgan fingerprint density at radius 3 is 3.11 bits per heavy atom. The van der Waals surface area contributed by atoms with Crippen molar-refractivity contribution in [1.29, 1.82) is 0 Å². The average Bonchev–Trinajstić information content (AvgIpc) is 2.67. The van der Waals surface area contributed by atoms with Crippen LogP contribution in [-0.2, 0) is 16.1 Å². The Bertz CT molecular complexity index is 491. The molecule has 1 heterocycles. The third-order valence-electron chi connectivity index (χ3n) is 4.20. The average molecular weight is 263 g/mol. The zero-order chi connectivity index (χ0) is 13.4. The van der Waals surface area contributed by atoms with Crippen molar-refractivity contribution in [1.82, 2.24) is 5.06 Å². The van der Waals surface area contributed by atoms with Crippen LogP contribution in [-0.4, -0.2) is 30.0 Å². The quantitative estimate of drug-likeness (QED) is 0.820. The fourth-order valence-corrected chi connectivity index (χ4v) is 3.29. The van der Waals surface area contributed by atoms with Crippen LogP contribution in [0.5, 0.6) is 0 Å². The highest BCUT2D eigenvalue weighted by atomic mass is 19.1. The van der Waals surface area contributed by atoms with Crippen LogP contribution in [0.4, 0.5) is 4.39 Å². The van der Waals surface area contributed by atoms with Crippen molar-refractivity contribution in [2.24, 2.45) is 5.92 Å². The summed E-state index contributed by atoms with van der Waals surface area (Å²) in [5.74, 6) is 0.00890. The van der Waals surface area contributed by atoms with Crippen LogP contribution in [0.15, 0.2) is 24.3 Å². The van der Waals surface area contributed by atoms with Gasteiger partial charge in [0.15, 0.2) is 0 Å². The van der Waals surface area contributed by atoms with Gasteiger partial charge in [0.25, 0.3) is 0 Å². The number of hydrogen-bond donors (Lipinski definition) is 0. The second-order valence-corrected chi connectivity index (χ2v) is 5.48. The molecule has 1 aliphatic carbocycles. The summed E-state index contributed by atoms with van der Waals surface area (Å²) in [6.07, 6.45) is 3.19. The van der Waals surface area contributed by atoms with Crippen molar-refractivity contribution in [3.63, 3.8) is 0 Å². The molecule has 0 unspecified atom stereocenters. The minimum absolute atomic E-state index is 0.0183. The standard InChI is InChI=1S/C15H18FNO2/c1-17-12(9-10-4-2-5-11(16)8-10)15-13(18)6-3-7-14(15)19-17/h2,4-5,8,12,14-15H,3,6-7,9H2,1H3/t12-,14+,15-/m1/s1. The molecule has 1 aliphatic heterocycles. The number of hydroxylamine groups is 2. The Kier molecular flexibility index (Phi) is 3.37. The third-order valence-corrected chi connectivity index (χ3v) is 4.20. The first-order chi connectivity index (χ1) is 9.15. The molecule has 3 atom stereocenters. The number of ketones is 1. The molecule has 3 nitrogen and oxygen atoms in total. The number of nitrogens with zero attached hydrogens (tertiary/aromatic N) is 1. The van der Waals surface area contributed by atoms with Gasteiger partial charge >= 0.3 is 0 Å². The second-order valence-electron chi connectivity index (χ2n) is 5.48. The Morgan fingerprint density at radius 2 is 2.32 bits per heavy atom. The maximum atomic E-state index is 13.2. The van der Waals surface area contributed by atoms with E-state index in [0.29, 0.717) is 18.6 Å². The Morgan fingerprint density at radius 1 is 1.47 bits per heavy atom. The van der Waals surface area contributed by atoms with Crippen LogP contribution in [0.3, 0.4) is 0 Å². The smallest absolute Gasteiger partial charge is 0.140 e. The number of carbonyl (C=O) groups is 1. The van der Waals surface area contributed by atoms with Gasteiger partial charge in [-0.1, -0.05) is 12.1 Å². The first-order valence-electron chi connectivity index (χ1n) is 6.82. The predicted molar refractivity (Wildman–Crippen MR) is 68.9 cm³/mol. The lowest BCUT2D eigenvalue weighted by atomic mass is 9.79. The van der Waals surface area contributed by atoms with Gasteiger partial charge in [0.05, 0.1) is 18.1 Å². The number of benzene rings is 1. The third kappa shape index (κ3) is 2.42. The number of carbonyl (C=O) groups excluding carboxylic acids is 1. The summed E-state index contributed by atoms with van der Waals surface area (Å²) in [6, 6.07) is 6.61. The Labute approximate surface area is 112 Å². The van der Waals surface area contributed by atoms with Crippen LogP contribution in [0.2, 0.25) is 0 Å². The molecular weight excluding hydrogens is 245 g/mol. The van der Waals surface area contributed by atoms with Gasteiger partial charge in [-0.05, 0) is 37.0 Å². The van der Waals surface area contributed by atoms with Crippen molar-refractivity contribution in [2.45, 2.75) is 37.8 Å². The summed E-state index contributed by atoms with van der Waals surface area (Å²) in [6.45, 7) is 0. The molecule has 3 rings (SSSR count). The Hall–Kier alpha value is -1.26. The molecule has 0 amide bonds. The van der Waals surface area contributed by atoms with E-state index in [4.69, 9.17) is 4.84 Å². The fraction of sp³-hybridized carbons (Fsp3) is 0.533. The van der Waals surface area contributed by atoms with Gasteiger partial charge in [0, 0.05) is 13.5 Å². The molecular formula is C15H18FNO2. The van der Waals surface area contributed by atoms with E-state index in [-0.39, 0.29) is 23.9 Å². The van der Waals surface area contributed by atoms with E-state index in [2.05, 4.69) is 0 Å². The first-order valence-corrected chi connectivity index (χ1v) is 6.82. The highest BCUT2D eigenvalue weighted by molar-refractivity contribution is 5.83. The van der Waals surface area contributed by atoms with Gasteiger partial charge in [-0.2, -0.15) is 5.06 Å². The number of Topliss-reactive ketones (excluding diaryl/α,β-unsaturated/α-hetero) is 1. The van der Waals surface area contributed by atoms with E-state index in [9.17, 15) is 9.18 Å². The summed E-state index contributed by atoms with van der Waals surface area (Å²) in [7, 11) is 1.87. The lowest BCUT2D eigenvalue weighted by molar-refractivity contribution is -0.149. The van der Waals surface area contributed by atoms with E-state index in [1.54, 1.807) is 11.1 Å². The van der Waals surface area contributed by atoms with E-state index in [0.717, 1.165) is 18.4 Å². The first kappa shape index (κ1) is 12.8. The van der Waals surface area contributed by atoms with Gasteiger partial charge in [-0.3, -0.25) is 9.63 Å². The number of rotatable bonds is 2. The fourth-order valence-electron chi connectivity index (χ4n) is 3.29. The van der Waals surface area contributed by atoms with Crippen molar-refractivity contribution in [2.75, 3.05) is 7.05 Å². The molecule has 0 radical (unpaired) electrons. The Balaban J connectivity index is 1.81. The lowest BCUT2D eigenvalue weighted by Crippen LogP contribution is -2.38. The summed E-state index contributed by atoms with van der Waals surface area (Å²) in [5.41, 5.74) is 0.916. The largest absolute Gasteiger partial charge is 0.299 e. The number of fused-ring (bicyclic) bond motifs is 1. The lowest BCUT2D eigenvalue weighted by Gasteiger charge is -2.25.